The Morgan fingerprint density at radius 2 is 2.16 bits per heavy atom. The highest BCUT2D eigenvalue weighted by atomic mass is 35.5. The number of nitrogens with zero attached hydrogens (tertiary/aromatic N) is 1. The van der Waals surface area contributed by atoms with Crippen molar-refractivity contribution in [3.8, 4) is 0 Å². The predicted molar refractivity (Wildman–Crippen MR) is 78.0 cm³/mol. The summed E-state index contributed by atoms with van der Waals surface area (Å²) in [4.78, 5) is 2.20. The summed E-state index contributed by atoms with van der Waals surface area (Å²) in [6.45, 7) is 1.71. The minimum atomic E-state index is 0.0118. The third-order valence-electron chi connectivity index (χ3n) is 3.10. The summed E-state index contributed by atoms with van der Waals surface area (Å²) in [5.41, 5.74) is 7.26. The molecule has 2 N–H and O–H groups in total. The maximum Gasteiger partial charge on any atom is 0.117 e. The van der Waals surface area contributed by atoms with Crippen LogP contribution in [-0.4, -0.2) is 18.5 Å². The zero-order chi connectivity index (χ0) is 13.7. The largest absolute Gasteiger partial charge is 0.468 e. The minimum absolute atomic E-state index is 0.0118. The van der Waals surface area contributed by atoms with Crippen molar-refractivity contribution in [2.75, 3.05) is 13.6 Å². The van der Waals surface area contributed by atoms with E-state index in [1.807, 2.05) is 36.4 Å². The molecular weight excluding hydrogens is 260 g/mol. The Labute approximate surface area is 119 Å². The van der Waals surface area contributed by atoms with Crippen molar-refractivity contribution in [2.45, 2.75) is 19.0 Å². The SMILES string of the molecule is CN(CCC(N)c1cccc(Cl)c1)Cc1ccco1. The Morgan fingerprint density at radius 3 is 2.84 bits per heavy atom. The van der Waals surface area contributed by atoms with E-state index in [9.17, 15) is 0 Å². The number of hydrogen-bond acceptors (Lipinski definition) is 3. The quantitative estimate of drug-likeness (QED) is 0.880. The van der Waals surface area contributed by atoms with Crippen molar-refractivity contribution < 1.29 is 4.42 Å². The standard InChI is InChI=1S/C15H19ClN2O/c1-18(11-14-6-3-9-19-14)8-7-15(17)12-4-2-5-13(16)10-12/h2-6,9-10,15H,7-8,11,17H2,1H3. The molecule has 102 valence electrons. The Bertz CT molecular complexity index is 499. The highest BCUT2D eigenvalue weighted by molar-refractivity contribution is 6.30. The predicted octanol–water partition coefficient (Wildman–Crippen LogP) is 3.45. The molecule has 0 aliphatic carbocycles. The molecular formula is C15H19ClN2O. The lowest BCUT2D eigenvalue weighted by molar-refractivity contribution is 0.284. The minimum Gasteiger partial charge on any atom is -0.468 e. The molecule has 0 bridgehead atoms. The number of furan rings is 1. The molecule has 3 nitrogen and oxygen atoms in total. The van der Waals surface area contributed by atoms with Crippen molar-refractivity contribution >= 4 is 11.6 Å². The van der Waals surface area contributed by atoms with E-state index in [2.05, 4.69) is 11.9 Å². The topological polar surface area (TPSA) is 42.4 Å². The van der Waals surface area contributed by atoms with Crippen LogP contribution in [0.3, 0.4) is 0 Å². The lowest BCUT2D eigenvalue weighted by atomic mass is 10.0. The summed E-state index contributed by atoms with van der Waals surface area (Å²) in [6, 6.07) is 11.6. The number of rotatable bonds is 6. The maximum absolute atomic E-state index is 6.18. The monoisotopic (exact) mass is 278 g/mol. The molecule has 4 heteroatoms. The fourth-order valence-electron chi connectivity index (χ4n) is 2.01. The molecule has 0 aliphatic heterocycles. The van der Waals surface area contributed by atoms with Crippen molar-refractivity contribution in [1.82, 2.24) is 4.90 Å². The van der Waals surface area contributed by atoms with E-state index in [1.54, 1.807) is 6.26 Å². The van der Waals surface area contributed by atoms with E-state index in [-0.39, 0.29) is 6.04 Å². The van der Waals surface area contributed by atoms with Crippen LogP contribution in [0.15, 0.2) is 47.1 Å². The second-order valence-electron chi connectivity index (χ2n) is 4.77. The average molecular weight is 279 g/mol. The molecule has 0 amide bonds. The molecule has 1 unspecified atom stereocenters. The first-order valence-electron chi connectivity index (χ1n) is 6.37. The van der Waals surface area contributed by atoms with Crippen LogP contribution in [0, 0.1) is 0 Å². The van der Waals surface area contributed by atoms with Gasteiger partial charge in [-0.3, -0.25) is 4.90 Å². The first-order chi connectivity index (χ1) is 9.15. The first-order valence-corrected chi connectivity index (χ1v) is 6.75. The van der Waals surface area contributed by atoms with E-state index >= 15 is 0 Å². The molecule has 0 saturated heterocycles. The van der Waals surface area contributed by atoms with Gasteiger partial charge in [-0.15, -0.1) is 0 Å². The average Bonchev–Trinajstić information content (AvgIpc) is 2.88. The molecule has 2 rings (SSSR count). The Morgan fingerprint density at radius 1 is 1.32 bits per heavy atom. The van der Waals surface area contributed by atoms with Crippen LogP contribution in [0.25, 0.3) is 0 Å². The molecule has 1 aromatic heterocycles. The number of halogens is 1. The summed E-state index contributed by atoms with van der Waals surface area (Å²) in [7, 11) is 2.06. The van der Waals surface area contributed by atoms with Crippen molar-refractivity contribution in [3.63, 3.8) is 0 Å². The van der Waals surface area contributed by atoms with Gasteiger partial charge in [0, 0.05) is 17.6 Å². The van der Waals surface area contributed by atoms with E-state index < -0.39 is 0 Å². The van der Waals surface area contributed by atoms with Crippen LogP contribution in [0.1, 0.15) is 23.8 Å². The third-order valence-corrected chi connectivity index (χ3v) is 3.34. The normalized spacial score (nSPS) is 12.8. The summed E-state index contributed by atoms with van der Waals surface area (Å²) in [5.74, 6) is 0.971. The van der Waals surface area contributed by atoms with Crippen molar-refractivity contribution in [2.24, 2.45) is 5.73 Å². The molecule has 19 heavy (non-hydrogen) atoms. The maximum atomic E-state index is 6.18. The molecule has 0 aliphatic rings. The number of hydrogen-bond donors (Lipinski definition) is 1. The summed E-state index contributed by atoms with van der Waals surface area (Å²) in [5, 5.41) is 0.733. The second-order valence-corrected chi connectivity index (χ2v) is 5.20. The third kappa shape index (κ3) is 4.39. The van der Waals surface area contributed by atoms with Gasteiger partial charge in [-0.1, -0.05) is 23.7 Å². The van der Waals surface area contributed by atoms with E-state index in [4.69, 9.17) is 21.8 Å². The molecule has 0 radical (unpaired) electrons. The molecule has 2 aromatic rings. The van der Waals surface area contributed by atoms with Gasteiger partial charge >= 0.3 is 0 Å². The Balaban J connectivity index is 1.81. The zero-order valence-electron chi connectivity index (χ0n) is 11.1. The van der Waals surface area contributed by atoms with Gasteiger partial charge in [0.2, 0.25) is 0 Å². The lowest BCUT2D eigenvalue weighted by Gasteiger charge is -2.18. The van der Waals surface area contributed by atoms with Crippen LogP contribution in [0.2, 0.25) is 5.02 Å². The summed E-state index contributed by atoms with van der Waals surface area (Å²) >= 11 is 5.97. The van der Waals surface area contributed by atoms with E-state index in [1.165, 1.54) is 0 Å². The smallest absolute Gasteiger partial charge is 0.117 e. The molecule has 1 heterocycles. The van der Waals surface area contributed by atoms with Gasteiger partial charge in [0.15, 0.2) is 0 Å². The van der Waals surface area contributed by atoms with Crippen LogP contribution < -0.4 is 5.73 Å². The Hall–Kier alpha value is -1.29. The van der Waals surface area contributed by atoms with E-state index in [0.29, 0.717) is 0 Å². The van der Waals surface area contributed by atoms with Crippen molar-refractivity contribution in [3.05, 3.63) is 59.0 Å². The zero-order valence-corrected chi connectivity index (χ0v) is 11.8. The molecule has 0 fully saturated rings. The lowest BCUT2D eigenvalue weighted by Crippen LogP contribution is -2.23. The summed E-state index contributed by atoms with van der Waals surface area (Å²) in [6.07, 6.45) is 2.58. The van der Waals surface area contributed by atoms with E-state index in [0.717, 1.165) is 35.9 Å². The van der Waals surface area contributed by atoms with Crippen LogP contribution in [0.5, 0.6) is 0 Å². The van der Waals surface area contributed by atoms with Crippen LogP contribution >= 0.6 is 11.6 Å². The summed E-state index contributed by atoms with van der Waals surface area (Å²) < 4.78 is 5.32. The first kappa shape index (κ1) is 14.1. The van der Waals surface area contributed by atoms with Crippen LogP contribution in [0.4, 0.5) is 0 Å². The van der Waals surface area contributed by atoms with Gasteiger partial charge in [-0.2, -0.15) is 0 Å². The molecule has 0 spiro atoms. The molecule has 0 saturated carbocycles. The van der Waals surface area contributed by atoms with Gasteiger partial charge in [0.05, 0.1) is 12.8 Å². The fraction of sp³-hybridized carbons (Fsp3) is 0.333. The number of nitrogens with two attached hydrogens (primary N) is 1. The van der Waals surface area contributed by atoms with Crippen molar-refractivity contribution in [1.29, 1.82) is 0 Å². The van der Waals surface area contributed by atoms with Gasteiger partial charge in [0.25, 0.3) is 0 Å². The highest BCUT2D eigenvalue weighted by Gasteiger charge is 2.09. The molecule has 1 aromatic carbocycles. The highest BCUT2D eigenvalue weighted by Crippen LogP contribution is 2.18. The van der Waals surface area contributed by atoms with Gasteiger partial charge in [0.1, 0.15) is 5.76 Å². The second kappa shape index (κ2) is 6.75. The van der Waals surface area contributed by atoms with Gasteiger partial charge < -0.3 is 10.2 Å². The number of benzene rings is 1. The Kier molecular flexibility index (Phi) is 5.02. The van der Waals surface area contributed by atoms with Crippen LogP contribution in [-0.2, 0) is 6.54 Å². The fourth-order valence-corrected chi connectivity index (χ4v) is 2.21. The molecule has 1 atom stereocenters. The van der Waals surface area contributed by atoms with Gasteiger partial charge in [-0.25, -0.2) is 0 Å². The van der Waals surface area contributed by atoms with Gasteiger partial charge in [-0.05, 0) is 43.3 Å².